The smallest absolute Gasteiger partial charge is 0.307 e. The van der Waals surface area contributed by atoms with Crippen molar-refractivity contribution < 1.29 is 23.1 Å². The molecule has 1 fully saturated rings. The van der Waals surface area contributed by atoms with Gasteiger partial charge in [0, 0.05) is 6.61 Å². The number of carboxylic acids is 1. The summed E-state index contributed by atoms with van der Waals surface area (Å²) < 4.78 is 29.6. The lowest BCUT2D eigenvalue weighted by Crippen LogP contribution is -2.20. The Bertz CT molecular complexity index is 541. The molecule has 0 aromatic heterocycles. The van der Waals surface area contributed by atoms with Crippen molar-refractivity contribution in [2.24, 2.45) is 0 Å². The zero-order valence-electron chi connectivity index (χ0n) is 10.4. The van der Waals surface area contributed by atoms with Gasteiger partial charge in [0.05, 0.1) is 23.2 Å². The zero-order chi connectivity index (χ0) is 13.9. The third kappa shape index (κ3) is 3.78. The third-order valence-electron chi connectivity index (χ3n) is 3.07. The number of hydrogen-bond acceptors (Lipinski definition) is 4. The Morgan fingerprint density at radius 3 is 2.53 bits per heavy atom. The Kier molecular flexibility index (Phi) is 4.21. The van der Waals surface area contributed by atoms with Gasteiger partial charge in [-0.2, -0.15) is 0 Å². The molecular weight excluding hydrogens is 268 g/mol. The Balaban J connectivity index is 2.09. The summed E-state index contributed by atoms with van der Waals surface area (Å²) in [5.41, 5.74) is 0.587. The molecule has 1 heterocycles. The van der Waals surface area contributed by atoms with Crippen LogP contribution >= 0.6 is 0 Å². The van der Waals surface area contributed by atoms with E-state index < -0.39 is 15.8 Å². The fourth-order valence-corrected chi connectivity index (χ4v) is 3.60. The summed E-state index contributed by atoms with van der Waals surface area (Å²) in [5.74, 6) is -0.944. The van der Waals surface area contributed by atoms with Gasteiger partial charge in [-0.1, -0.05) is 12.1 Å². The quantitative estimate of drug-likeness (QED) is 0.880. The standard InChI is InChI=1S/C13H16O5S/c14-13(15)8-10-3-5-12(6-4-10)19(16,17)9-11-2-1-7-18-11/h3-6,11H,1-2,7-9H2,(H,14,15). The molecule has 1 saturated heterocycles. The molecule has 19 heavy (non-hydrogen) atoms. The van der Waals surface area contributed by atoms with Crippen LogP contribution in [0.4, 0.5) is 0 Å². The minimum absolute atomic E-state index is 0.00865. The van der Waals surface area contributed by atoms with E-state index in [-0.39, 0.29) is 23.2 Å². The van der Waals surface area contributed by atoms with Crippen molar-refractivity contribution in [3.8, 4) is 0 Å². The van der Waals surface area contributed by atoms with Crippen molar-refractivity contribution in [1.82, 2.24) is 0 Å². The maximum atomic E-state index is 12.1. The molecule has 1 unspecified atom stereocenters. The number of sulfone groups is 1. The summed E-state index contributed by atoms with van der Waals surface area (Å²) in [6, 6.07) is 6.00. The largest absolute Gasteiger partial charge is 0.481 e. The molecule has 1 atom stereocenters. The minimum atomic E-state index is -3.36. The van der Waals surface area contributed by atoms with E-state index in [0.29, 0.717) is 12.2 Å². The summed E-state index contributed by atoms with van der Waals surface area (Å²) in [6.45, 7) is 0.623. The molecule has 1 N–H and O–H groups in total. The van der Waals surface area contributed by atoms with Gasteiger partial charge in [0.25, 0.3) is 0 Å². The highest BCUT2D eigenvalue weighted by Gasteiger charge is 2.24. The Morgan fingerprint density at radius 2 is 2.00 bits per heavy atom. The summed E-state index contributed by atoms with van der Waals surface area (Å²) in [6.07, 6.45) is 1.35. The molecule has 0 amide bonds. The molecule has 1 aromatic rings. The third-order valence-corrected chi connectivity index (χ3v) is 4.87. The van der Waals surface area contributed by atoms with E-state index in [0.717, 1.165) is 12.8 Å². The van der Waals surface area contributed by atoms with E-state index in [4.69, 9.17) is 9.84 Å². The van der Waals surface area contributed by atoms with Crippen molar-refractivity contribution in [1.29, 1.82) is 0 Å². The van der Waals surface area contributed by atoms with Crippen molar-refractivity contribution in [3.63, 3.8) is 0 Å². The highest BCUT2D eigenvalue weighted by molar-refractivity contribution is 7.91. The molecule has 1 aliphatic heterocycles. The first-order chi connectivity index (χ1) is 8.97. The zero-order valence-corrected chi connectivity index (χ0v) is 11.2. The lowest BCUT2D eigenvalue weighted by Gasteiger charge is -2.10. The van der Waals surface area contributed by atoms with Gasteiger partial charge >= 0.3 is 5.97 Å². The number of aliphatic carboxylic acids is 1. The van der Waals surface area contributed by atoms with Crippen LogP contribution in [0.3, 0.4) is 0 Å². The molecule has 0 saturated carbocycles. The fourth-order valence-electron chi connectivity index (χ4n) is 2.11. The molecule has 6 heteroatoms. The van der Waals surface area contributed by atoms with E-state index in [1.807, 2.05) is 0 Å². The van der Waals surface area contributed by atoms with Crippen LogP contribution in [-0.4, -0.2) is 38.0 Å². The average Bonchev–Trinajstić information content (AvgIpc) is 2.81. The summed E-state index contributed by atoms with van der Waals surface area (Å²) >= 11 is 0. The lowest BCUT2D eigenvalue weighted by molar-refractivity contribution is -0.136. The second-order valence-corrected chi connectivity index (χ2v) is 6.67. The number of hydrogen-bond donors (Lipinski definition) is 1. The van der Waals surface area contributed by atoms with Crippen LogP contribution in [0.2, 0.25) is 0 Å². The maximum absolute atomic E-state index is 12.1. The Hall–Kier alpha value is -1.40. The van der Waals surface area contributed by atoms with Crippen molar-refractivity contribution in [2.45, 2.75) is 30.3 Å². The van der Waals surface area contributed by atoms with E-state index in [9.17, 15) is 13.2 Å². The summed E-state index contributed by atoms with van der Waals surface area (Å²) in [7, 11) is -3.36. The molecule has 104 valence electrons. The molecule has 0 spiro atoms. The first-order valence-corrected chi connectivity index (χ1v) is 7.78. The first-order valence-electron chi connectivity index (χ1n) is 6.12. The second kappa shape index (κ2) is 5.71. The molecule has 2 rings (SSSR count). The van der Waals surface area contributed by atoms with Gasteiger partial charge in [0.2, 0.25) is 0 Å². The number of rotatable bonds is 5. The monoisotopic (exact) mass is 284 g/mol. The minimum Gasteiger partial charge on any atom is -0.481 e. The number of ether oxygens (including phenoxy) is 1. The van der Waals surface area contributed by atoms with Crippen molar-refractivity contribution in [2.75, 3.05) is 12.4 Å². The molecule has 0 bridgehead atoms. The molecule has 1 aliphatic rings. The lowest BCUT2D eigenvalue weighted by atomic mass is 10.2. The van der Waals surface area contributed by atoms with E-state index >= 15 is 0 Å². The molecule has 0 aliphatic carbocycles. The van der Waals surface area contributed by atoms with Gasteiger partial charge in [-0.25, -0.2) is 8.42 Å². The van der Waals surface area contributed by atoms with Crippen LogP contribution in [-0.2, 0) is 25.8 Å². The Morgan fingerprint density at radius 1 is 1.32 bits per heavy atom. The highest BCUT2D eigenvalue weighted by atomic mass is 32.2. The molecule has 5 nitrogen and oxygen atoms in total. The second-order valence-electron chi connectivity index (χ2n) is 4.63. The van der Waals surface area contributed by atoms with Gasteiger partial charge < -0.3 is 9.84 Å². The molecule has 0 radical (unpaired) electrons. The normalized spacial score (nSPS) is 19.5. The van der Waals surface area contributed by atoms with Crippen molar-refractivity contribution >= 4 is 15.8 Å². The van der Waals surface area contributed by atoms with Gasteiger partial charge in [-0.15, -0.1) is 0 Å². The average molecular weight is 284 g/mol. The molecule has 1 aromatic carbocycles. The highest BCUT2D eigenvalue weighted by Crippen LogP contribution is 2.19. The maximum Gasteiger partial charge on any atom is 0.307 e. The fraction of sp³-hybridized carbons (Fsp3) is 0.462. The topological polar surface area (TPSA) is 80.7 Å². The van der Waals surface area contributed by atoms with Crippen LogP contribution < -0.4 is 0 Å². The number of carbonyl (C=O) groups is 1. The SMILES string of the molecule is O=C(O)Cc1ccc(S(=O)(=O)CC2CCCO2)cc1. The van der Waals surface area contributed by atoms with E-state index in [2.05, 4.69) is 0 Å². The summed E-state index contributed by atoms with van der Waals surface area (Å²) in [4.78, 5) is 10.8. The Labute approximate surface area is 112 Å². The van der Waals surface area contributed by atoms with Gasteiger partial charge in [0.15, 0.2) is 9.84 Å². The van der Waals surface area contributed by atoms with Crippen LogP contribution in [0, 0.1) is 0 Å². The van der Waals surface area contributed by atoms with Crippen LogP contribution in [0.15, 0.2) is 29.2 Å². The van der Waals surface area contributed by atoms with E-state index in [1.54, 1.807) is 0 Å². The predicted octanol–water partition coefficient (Wildman–Crippen LogP) is 1.27. The number of benzene rings is 1. The molecular formula is C13H16O5S. The van der Waals surface area contributed by atoms with E-state index in [1.165, 1.54) is 24.3 Å². The van der Waals surface area contributed by atoms with Crippen LogP contribution in [0.5, 0.6) is 0 Å². The summed E-state index contributed by atoms with van der Waals surface area (Å²) in [5, 5.41) is 8.65. The van der Waals surface area contributed by atoms with Gasteiger partial charge in [0.1, 0.15) is 0 Å². The van der Waals surface area contributed by atoms with Crippen molar-refractivity contribution in [3.05, 3.63) is 29.8 Å². The first kappa shape index (κ1) is 14.0. The predicted molar refractivity (Wildman–Crippen MR) is 68.8 cm³/mol. The number of carboxylic acid groups (broad SMARTS) is 1. The van der Waals surface area contributed by atoms with Gasteiger partial charge in [-0.05, 0) is 30.5 Å². The van der Waals surface area contributed by atoms with Crippen LogP contribution in [0.1, 0.15) is 18.4 Å². The van der Waals surface area contributed by atoms with Gasteiger partial charge in [-0.3, -0.25) is 4.79 Å². The van der Waals surface area contributed by atoms with Crippen LogP contribution in [0.25, 0.3) is 0 Å².